The maximum atomic E-state index is 12.9. The molecule has 0 saturated carbocycles. The smallest absolute Gasteiger partial charge is 0.230 e. The van der Waals surface area contributed by atoms with Crippen molar-refractivity contribution in [2.75, 3.05) is 26.7 Å². The predicted molar refractivity (Wildman–Crippen MR) is 95.1 cm³/mol. The topological polar surface area (TPSA) is 32.3 Å². The van der Waals surface area contributed by atoms with Crippen molar-refractivity contribution in [1.29, 1.82) is 0 Å². The molecular weight excluding hydrogens is 316 g/mol. The van der Waals surface area contributed by atoms with Gasteiger partial charge in [0.05, 0.1) is 5.92 Å². The molecule has 0 aromatic carbocycles. The second-order valence-electron chi connectivity index (χ2n) is 6.40. The summed E-state index contributed by atoms with van der Waals surface area (Å²) < 4.78 is 0. The second kappa shape index (κ2) is 8.32. The van der Waals surface area contributed by atoms with Gasteiger partial charge in [-0.1, -0.05) is 0 Å². The van der Waals surface area contributed by atoms with E-state index in [1.54, 1.807) is 0 Å². The molecule has 1 aliphatic heterocycles. The fourth-order valence-electron chi connectivity index (χ4n) is 3.75. The number of carbonyl (C=O) groups excluding carboxylic acids is 1. The van der Waals surface area contributed by atoms with Crippen LogP contribution >= 0.6 is 23.7 Å². The van der Waals surface area contributed by atoms with Crippen molar-refractivity contribution < 1.29 is 4.79 Å². The van der Waals surface area contributed by atoms with Crippen molar-refractivity contribution in [3.63, 3.8) is 0 Å². The van der Waals surface area contributed by atoms with E-state index in [1.165, 1.54) is 42.5 Å². The van der Waals surface area contributed by atoms with Crippen LogP contribution in [0.2, 0.25) is 0 Å². The van der Waals surface area contributed by atoms with Gasteiger partial charge in [0.25, 0.3) is 0 Å². The Hall–Kier alpha value is -0.580. The maximum Gasteiger partial charge on any atom is 0.230 e. The van der Waals surface area contributed by atoms with Crippen LogP contribution in [0.25, 0.3) is 0 Å². The van der Waals surface area contributed by atoms with E-state index < -0.39 is 0 Å². The van der Waals surface area contributed by atoms with Crippen LogP contribution < -0.4 is 5.32 Å². The molecular formula is C17H27ClN2OS. The lowest BCUT2D eigenvalue weighted by Gasteiger charge is -2.35. The van der Waals surface area contributed by atoms with Crippen molar-refractivity contribution in [2.45, 2.75) is 44.4 Å². The lowest BCUT2D eigenvalue weighted by Crippen LogP contribution is -2.42. The number of piperidine rings is 1. The van der Waals surface area contributed by atoms with Gasteiger partial charge in [0.15, 0.2) is 0 Å². The summed E-state index contributed by atoms with van der Waals surface area (Å²) in [5.74, 6) is 1.33. The van der Waals surface area contributed by atoms with Crippen molar-refractivity contribution in [1.82, 2.24) is 10.2 Å². The number of hydrogen-bond donors (Lipinski definition) is 1. The molecule has 1 aromatic heterocycles. The average molecular weight is 343 g/mol. The number of aryl methyl sites for hydroxylation is 1. The molecule has 1 fully saturated rings. The van der Waals surface area contributed by atoms with E-state index in [9.17, 15) is 4.79 Å². The van der Waals surface area contributed by atoms with E-state index >= 15 is 0 Å². The fourth-order valence-corrected chi connectivity index (χ4v) is 4.74. The molecule has 1 atom stereocenters. The molecule has 0 bridgehead atoms. The van der Waals surface area contributed by atoms with Gasteiger partial charge in [0, 0.05) is 18.0 Å². The number of likely N-dealkylation sites (tertiary alicyclic amines) is 1. The molecule has 0 spiro atoms. The molecule has 1 unspecified atom stereocenters. The van der Waals surface area contributed by atoms with Crippen LogP contribution in [0.15, 0.2) is 11.4 Å². The Balaban J connectivity index is 0.00000176. The summed E-state index contributed by atoms with van der Waals surface area (Å²) >= 11 is 1.82. The monoisotopic (exact) mass is 342 g/mol. The van der Waals surface area contributed by atoms with Crippen LogP contribution in [-0.4, -0.2) is 37.5 Å². The number of amides is 1. The number of fused-ring (bicyclic) bond motifs is 1. The van der Waals surface area contributed by atoms with Gasteiger partial charge in [-0.15, -0.1) is 23.7 Å². The summed E-state index contributed by atoms with van der Waals surface area (Å²) in [5.41, 5.74) is 1.33. The molecule has 3 rings (SSSR count). The first-order chi connectivity index (χ1) is 10.3. The van der Waals surface area contributed by atoms with Gasteiger partial charge < -0.3 is 10.2 Å². The third kappa shape index (κ3) is 3.84. The van der Waals surface area contributed by atoms with E-state index in [-0.39, 0.29) is 18.3 Å². The number of nitrogens with zero attached hydrogens (tertiary/aromatic N) is 1. The standard InChI is InChI=1S/C17H26N2OS.ClH/c1-18-9-5-13-6-10-19(11-7-13)17(20)15-3-2-4-16-14(15)8-12-21-16;/h8,12-13,15,18H,2-7,9-11H2,1H3;1H. The SMILES string of the molecule is CNCCC1CCN(C(=O)C2CCCc3sccc32)CC1.Cl. The van der Waals surface area contributed by atoms with E-state index in [0.29, 0.717) is 5.91 Å². The summed E-state index contributed by atoms with van der Waals surface area (Å²) in [7, 11) is 2.01. The molecule has 124 valence electrons. The van der Waals surface area contributed by atoms with E-state index in [1.807, 2.05) is 18.4 Å². The Morgan fingerprint density at radius 3 is 2.86 bits per heavy atom. The first kappa shape index (κ1) is 17.8. The zero-order chi connectivity index (χ0) is 14.7. The highest BCUT2D eigenvalue weighted by Crippen LogP contribution is 2.36. The Morgan fingerprint density at radius 2 is 2.14 bits per heavy atom. The molecule has 2 heterocycles. The minimum atomic E-state index is 0. The fraction of sp³-hybridized carbons (Fsp3) is 0.706. The normalized spacial score (nSPS) is 22.0. The molecule has 1 aromatic rings. The van der Waals surface area contributed by atoms with Gasteiger partial charge in [-0.05, 0) is 75.0 Å². The number of halogens is 1. The highest BCUT2D eigenvalue weighted by molar-refractivity contribution is 7.10. The molecule has 22 heavy (non-hydrogen) atoms. The molecule has 0 radical (unpaired) electrons. The first-order valence-electron chi connectivity index (χ1n) is 8.29. The third-order valence-electron chi connectivity index (χ3n) is 5.08. The summed E-state index contributed by atoms with van der Waals surface area (Å²) in [4.78, 5) is 16.4. The van der Waals surface area contributed by atoms with E-state index in [4.69, 9.17) is 0 Å². The van der Waals surface area contributed by atoms with Crippen LogP contribution in [0, 0.1) is 5.92 Å². The Bertz CT molecular complexity index is 483. The van der Waals surface area contributed by atoms with Crippen LogP contribution in [0.4, 0.5) is 0 Å². The van der Waals surface area contributed by atoms with Crippen LogP contribution in [-0.2, 0) is 11.2 Å². The Labute approximate surface area is 143 Å². The number of nitrogens with one attached hydrogen (secondary N) is 1. The van der Waals surface area contributed by atoms with Crippen molar-refractivity contribution in [2.24, 2.45) is 5.92 Å². The number of hydrogen-bond acceptors (Lipinski definition) is 3. The van der Waals surface area contributed by atoms with Gasteiger partial charge >= 0.3 is 0 Å². The van der Waals surface area contributed by atoms with E-state index in [2.05, 4.69) is 21.7 Å². The quantitative estimate of drug-likeness (QED) is 0.909. The molecule has 1 saturated heterocycles. The third-order valence-corrected chi connectivity index (χ3v) is 6.08. The highest BCUT2D eigenvalue weighted by atomic mass is 35.5. The highest BCUT2D eigenvalue weighted by Gasteiger charge is 2.32. The summed E-state index contributed by atoms with van der Waals surface area (Å²) in [5, 5.41) is 5.38. The second-order valence-corrected chi connectivity index (χ2v) is 7.41. The molecule has 3 nitrogen and oxygen atoms in total. The first-order valence-corrected chi connectivity index (χ1v) is 9.17. The number of carbonyl (C=O) groups is 1. The van der Waals surface area contributed by atoms with Gasteiger partial charge in [-0.25, -0.2) is 0 Å². The van der Waals surface area contributed by atoms with Crippen LogP contribution in [0.3, 0.4) is 0 Å². The number of rotatable bonds is 4. The molecule has 2 aliphatic rings. The van der Waals surface area contributed by atoms with Crippen molar-refractivity contribution >= 4 is 29.7 Å². The predicted octanol–water partition coefficient (Wildman–Crippen LogP) is 3.44. The lowest BCUT2D eigenvalue weighted by atomic mass is 9.85. The van der Waals surface area contributed by atoms with Crippen molar-refractivity contribution in [3.8, 4) is 0 Å². The maximum absolute atomic E-state index is 12.9. The van der Waals surface area contributed by atoms with Gasteiger partial charge in [-0.3, -0.25) is 4.79 Å². The molecule has 1 amide bonds. The zero-order valence-corrected chi connectivity index (χ0v) is 15.0. The molecule has 5 heteroatoms. The molecule has 1 aliphatic carbocycles. The number of thiophene rings is 1. The summed E-state index contributed by atoms with van der Waals surface area (Å²) in [6, 6.07) is 2.18. The van der Waals surface area contributed by atoms with Crippen molar-refractivity contribution in [3.05, 3.63) is 21.9 Å². The Morgan fingerprint density at radius 1 is 1.36 bits per heavy atom. The lowest BCUT2D eigenvalue weighted by molar-refractivity contribution is -0.134. The van der Waals surface area contributed by atoms with Crippen LogP contribution in [0.5, 0.6) is 0 Å². The van der Waals surface area contributed by atoms with Gasteiger partial charge in [0.1, 0.15) is 0 Å². The van der Waals surface area contributed by atoms with Gasteiger partial charge in [0.2, 0.25) is 5.91 Å². The largest absolute Gasteiger partial charge is 0.342 e. The molecule has 1 N–H and O–H groups in total. The minimum absolute atomic E-state index is 0. The zero-order valence-electron chi connectivity index (χ0n) is 13.3. The minimum Gasteiger partial charge on any atom is -0.342 e. The van der Waals surface area contributed by atoms with Gasteiger partial charge in [-0.2, -0.15) is 0 Å². The summed E-state index contributed by atoms with van der Waals surface area (Å²) in [6.45, 7) is 3.02. The van der Waals surface area contributed by atoms with E-state index in [0.717, 1.165) is 32.0 Å². The Kier molecular flexibility index (Phi) is 6.72. The summed E-state index contributed by atoms with van der Waals surface area (Å²) in [6.07, 6.45) is 6.98. The van der Waals surface area contributed by atoms with Crippen LogP contribution in [0.1, 0.15) is 48.5 Å². The average Bonchev–Trinajstić information content (AvgIpc) is 3.01.